The summed E-state index contributed by atoms with van der Waals surface area (Å²) in [7, 11) is 0. The number of carbonyl (C=O) groups is 4. The minimum absolute atomic E-state index is 0.0420. The lowest BCUT2D eigenvalue weighted by Crippen LogP contribution is -2.28. The number of para-hydroxylation sites is 2. The molecule has 3 rings (SSSR count). The predicted octanol–water partition coefficient (Wildman–Crippen LogP) is 3.60. The first kappa shape index (κ1) is 29.0. The predicted molar refractivity (Wildman–Crippen MR) is 148 cm³/mol. The van der Waals surface area contributed by atoms with Crippen molar-refractivity contribution in [2.24, 2.45) is 9.98 Å². The zero-order valence-corrected chi connectivity index (χ0v) is 21.6. The topological polar surface area (TPSA) is 176 Å². The van der Waals surface area contributed by atoms with Crippen molar-refractivity contribution in [3.63, 3.8) is 0 Å². The van der Waals surface area contributed by atoms with Crippen molar-refractivity contribution in [2.45, 2.75) is 13.8 Å². The summed E-state index contributed by atoms with van der Waals surface area (Å²) in [5, 5.41) is 24.9. The second-order valence-electron chi connectivity index (χ2n) is 7.87. The summed E-state index contributed by atoms with van der Waals surface area (Å²) < 4.78 is 9.44. The van der Waals surface area contributed by atoms with Crippen molar-refractivity contribution in [3.8, 4) is 11.5 Å². The van der Waals surface area contributed by atoms with Crippen LogP contribution in [-0.2, 0) is 28.7 Å². The molecule has 206 valence electrons. The van der Waals surface area contributed by atoms with Gasteiger partial charge in [-0.05, 0) is 50.2 Å². The van der Waals surface area contributed by atoms with Crippen LogP contribution in [0.15, 0.2) is 70.6 Å². The molecule has 12 heteroatoms. The number of phenolic OH excluding ortho intramolecular Hbond substituents is 2. The maximum Gasteiger partial charge on any atom is 0.397 e. The average molecular weight is 547 g/mol. The molecule has 4 N–H and O–H groups in total. The van der Waals surface area contributed by atoms with Gasteiger partial charge in [-0.1, -0.05) is 24.3 Å². The van der Waals surface area contributed by atoms with Gasteiger partial charge in [0.05, 0.1) is 36.0 Å². The molecule has 0 fully saturated rings. The highest BCUT2D eigenvalue weighted by atomic mass is 16.5. The molecule has 0 aliphatic rings. The number of ether oxygens (including phenoxy) is 2. The number of nitrogens with zero attached hydrogens (tertiary/aromatic N) is 2. The third-order valence-electron chi connectivity index (χ3n) is 5.09. The van der Waals surface area contributed by atoms with E-state index in [9.17, 15) is 29.4 Å². The van der Waals surface area contributed by atoms with Crippen molar-refractivity contribution in [2.75, 3.05) is 23.8 Å². The first-order chi connectivity index (χ1) is 19.2. The maximum absolute atomic E-state index is 12.4. The number of hydrogen-bond acceptors (Lipinski definition) is 10. The van der Waals surface area contributed by atoms with E-state index in [0.29, 0.717) is 11.1 Å². The fourth-order valence-electron chi connectivity index (χ4n) is 3.20. The summed E-state index contributed by atoms with van der Waals surface area (Å²) >= 11 is 0. The smallest absolute Gasteiger partial charge is 0.397 e. The number of aromatic hydroxyl groups is 2. The van der Waals surface area contributed by atoms with E-state index in [1.54, 1.807) is 36.4 Å². The Morgan fingerprint density at radius 1 is 0.700 bits per heavy atom. The molecule has 0 unspecified atom stereocenters. The van der Waals surface area contributed by atoms with Gasteiger partial charge in [-0.15, -0.1) is 0 Å². The molecule has 0 bridgehead atoms. The Morgan fingerprint density at radius 3 is 1.43 bits per heavy atom. The quantitative estimate of drug-likeness (QED) is 0.188. The van der Waals surface area contributed by atoms with E-state index in [4.69, 9.17) is 9.47 Å². The van der Waals surface area contributed by atoms with Gasteiger partial charge in [0.25, 0.3) is 0 Å². The molecular formula is C28H26N4O8. The minimum atomic E-state index is -1.17. The fraction of sp³-hybridized carbons (Fsp3) is 0.143. The number of rotatable bonds is 8. The summed E-state index contributed by atoms with van der Waals surface area (Å²) in [6.45, 7) is 2.96. The van der Waals surface area contributed by atoms with E-state index >= 15 is 0 Å². The van der Waals surface area contributed by atoms with E-state index in [2.05, 4.69) is 20.6 Å². The number of amides is 2. The van der Waals surface area contributed by atoms with Crippen LogP contribution in [0.4, 0.5) is 22.7 Å². The number of anilines is 2. The van der Waals surface area contributed by atoms with Gasteiger partial charge in [-0.2, -0.15) is 0 Å². The maximum atomic E-state index is 12.4. The summed E-state index contributed by atoms with van der Waals surface area (Å²) in [6.07, 6.45) is 2.69. The summed E-state index contributed by atoms with van der Waals surface area (Å²) in [4.78, 5) is 57.5. The van der Waals surface area contributed by atoms with Gasteiger partial charge in [0.1, 0.15) is 11.5 Å². The molecule has 3 aromatic carbocycles. The zero-order valence-electron chi connectivity index (χ0n) is 21.6. The van der Waals surface area contributed by atoms with Gasteiger partial charge < -0.3 is 30.3 Å². The normalized spacial score (nSPS) is 10.8. The molecule has 2 amide bonds. The van der Waals surface area contributed by atoms with Crippen LogP contribution in [-0.4, -0.2) is 59.6 Å². The van der Waals surface area contributed by atoms with Crippen LogP contribution in [0, 0.1) is 0 Å². The highest BCUT2D eigenvalue weighted by Crippen LogP contribution is 2.38. The molecule has 0 saturated carbocycles. The van der Waals surface area contributed by atoms with Crippen molar-refractivity contribution >= 4 is 58.9 Å². The van der Waals surface area contributed by atoms with Crippen LogP contribution in [0.25, 0.3) is 0 Å². The number of carbonyl (C=O) groups excluding carboxylic acids is 4. The van der Waals surface area contributed by atoms with Gasteiger partial charge in [0, 0.05) is 23.6 Å². The molecule has 0 aromatic heterocycles. The van der Waals surface area contributed by atoms with Crippen molar-refractivity contribution in [3.05, 3.63) is 71.8 Å². The average Bonchev–Trinajstić information content (AvgIpc) is 2.93. The number of hydrogen-bond donors (Lipinski definition) is 4. The molecule has 3 aromatic rings. The highest BCUT2D eigenvalue weighted by Gasteiger charge is 2.22. The van der Waals surface area contributed by atoms with Crippen LogP contribution < -0.4 is 10.6 Å². The molecule has 40 heavy (non-hydrogen) atoms. The van der Waals surface area contributed by atoms with Crippen LogP contribution in [0.3, 0.4) is 0 Å². The van der Waals surface area contributed by atoms with Gasteiger partial charge in [-0.25, -0.2) is 9.59 Å². The highest BCUT2D eigenvalue weighted by molar-refractivity contribution is 6.39. The van der Waals surface area contributed by atoms with E-state index in [0.717, 1.165) is 0 Å². The molecule has 0 spiro atoms. The van der Waals surface area contributed by atoms with Gasteiger partial charge in [0.2, 0.25) is 0 Å². The molecular weight excluding hydrogens is 520 g/mol. The first-order valence-corrected chi connectivity index (χ1v) is 12.0. The lowest BCUT2D eigenvalue weighted by Gasteiger charge is -2.14. The standard InChI is InChI=1S/C28H26N4O8/c1-3-39-27(37)25(35)31-21-13-19(29-15-17-9-5-7-11-23(17)33)20(30-16-18-10-6-8-12-24(18)34)14-22(21)32-26(36)28(38)40-4-2/h5-16,33-34H,3-4H2,1-2H3,(H,31,35)(H,32,36). The Balaban J connectivity index is 2.14. The number of esters is 2. The van der Waals surface area contributed by atoms with Crippen LogP contribution in [0.2, 0.25) is 0 Å². The molecule has 0 aliphatic carbocycles. The number of aliphatic imine (C=N–C) groups is 2. The molecule has 0 heterocycles. The Morgan fingerprint density at radius 2 is 1.07 bits per heavy atom. The fourth-order valence-corrected chi connectivity index (χ4v) is 3.20. The number of benzene rings is 3. The Kier molecular flexibility index (Phi) is 10.1. The second-order valence-corrected chi connectivity index (χ2v) is 7.87. The summed E-state index contributed by atoms with van der Waals surface area (Å²) in [6, 6.07) is 15.4. The van der Waals surface area contributed by atoms with E-state index in [-0.39, 0.29) is 47.5 Å². The lowest BCUT2D eigenvalue weighted by molar-refractivity contribution is -0.152. The minimum Gasteiger partial charge on any atom is -0.507 e. The Hall–Kier alpha value is -5.52. The third-order valence-corrected chi connectivity index (χ3v) is 5.09. The van der Waals surface area contributed by atoms with Crippen LogP contribution in [0.5, 0.6) is 11.5 Å². The SMILES string of the molecule is CCOC(=O)C(=O)Nc1cc(N=Cc2ccccc2O)c(N=Cc2ccccc2O)cc1NC(=O)C(=O)OCC. The molecule has 0 aliphatic heterocycles. The van der Waals surface area contributed by atoms with Crippen molar-refractivity contribution in [1.82, 2.24) is 0 Å². The zero-order chi connectivity index (χ0) is 29.1. The van der Waals surface area contributed by atoms with Gasteiger partial charge >= 0.3 is 23.8 Å². The number of phenols is 2. The van der Waals surface area contributed by atoms with E-state index in [1.165, 1.54) is 50.5 Å². The number of nitrogens with one attached hydrogen (secondary N) is 2. The molecule has 0 radical (unpaired) electrons. The molecule has 0 atom stereocenters. The van der Waals surface area contributed by atoms with Crippen LogP contribution >= 0.6 is 0 Å². The van der Waals surface area contributed by atoms with E-state index in [1.807, 2.05) is 0 Å². The molecule has 0 saturated heterocycles. The summed E-state index contributed by atoms with van der Waals surface area (Å²) in [5.74, 6) is -4.72. The monoisotopic (exact) mass is 546 g/mol. The first-order valence-electron chi connectivity index (χ1n) is 12.0. The van der Waals surface area contributed by atoms with Crippen LogP contribution in [0.1, 0.15) is 25.0 Å². The largest absolute Gasteiger partial charge is 0.507 e. The van der Waals surface area contributed by atoms with Crippen molar-refractivity contribution in [1.29, 1.82) is 0 Å². The Labute approximate surface area is 229 Å². The summed E-state index contributed by atoms with van der Waals surface area (Å²) in [5.41, 5.74) is 0.777. The van der Waals surface area contributed by atoms with Gasteiger partial charge in [-0.3, -0.25) is 19.6 Å². The molecule has 12 nitrogen and oxygen atoms in total. The lowest BCUT2D eigenvalue weighted by atomic mass is 10.1. The second kappa shape index (κ2) is 13.9. The van der Waals surface area contributed by atoms with E-state index < -0.39 is 23.8 Å². The third kappa shape index (κ3) is 7.74. The van der Waals surface area contributed by atoms with Gasteiger partial charge in [0.15, 0.2) is 0 Å². The Bertz CT molecular complexity index is 1370. The van der Waals surface area contributed by atoms with Crippen molar-refractivity contribution < 1.29 is 38.9 Å².